The van der Waals surface area contributed by atoms with Crippen LogP contribution in [0.15, 0.2) is 24.3 Å². The van der Waals surface area contributed by atoms with Crippen LogP contribution in [0.5, 0.6) is 0 Å². The molecule has 136 valence electrons. The highest BCUT2D eigenvalue weighted by Crippen LogP contribution is 2.28. The van der Waals surface area contributed by atoms with Gasteiger partial charge >= 0.3 is 0 Å². The molecule has 1 unspecified atom stereocenters. The third-order valence-electron chi connectivity index (χ3n) is 4.13. The van der Waals surface area contributed by atoms with Gasteiger partial charge in [0.15, 0.2) is 0 Å². The van der Waals surface area contributed by atoms with E-state index in [-0.39, 0.29) is 5.92 Å². The van der Waals surface area contributed by atoms with E-state index in [0.717, 1.165) is 16.3 Å². The van der Waals surface area contributed by atoms with Gasteiger partial charge in [-0.1, -0.05) is 44.2 Å². The number of hydrogen-bond donors (Lipinski definition) is 1. The summed E-state index contributed by atoms with van der Waals surface area (Å²) >= 11 is 1.29. The summed E-state index contributed by atoms with van der Waals surface area (Å²) in [5.41, 5.74) is 0.673. The maximum absolute atomic E-state index is 12.9. The number of anilines is 1. The van der Waals surface area contributed by atoms with Crippen LogP contribution < -0.4 is 5.32 Å². The molecule has 0 saturated heterocycles. The Hall–Kier alpha value is -2.61. The first kappa shape index (κ1) is 18.2. The molecule has 3 rings (SSSR count). The molecule has 2 aromatic rings. The van der Waals surface area contributed by atoms with Gasteiger partial charge in [0.2, 0.25) is 11.0 Å². The van der Waals surface area contributed by atoms with Gasteiger partial charge < -0.3 is 0 Å². The normalized spacial score (nSPS) is 14.7. The zero-order valence-corrected chi connectivity index (χ0v) is 15.7. The number of aryl methyl sites for hydroxylation is 1. The average Bonchev–Trinajstić information content (AvgIpc) is 3.16. The molecule has 0 radical (unpaired) electrons. The second kappa shape index (κ2) is 7.33. The lowest BCUT2D eigenvalue weighted by Crippen LogP contribution is -2.47. The number of nitrogens with zero attached hydrogens (tertiary/aromatic N) is 3. The van der Waals surface area contributed by atoms with Crippen molar-refractivity contribution in [3.63, 3.8) is 0 Å². The van der Waals surface area contributed by atoms with Crippen molar-refractivity contribution in [2.45, 2.75) is 39.7 Å². The van der Waals surface area contributed by atoms with Crippen molar-refractivity contribution >= 4 is 34.2 Å². The molecule has 7 nitrogen and oxygen atoms in total. The quantitative estimate of drug-likeness (QED) is 0.787. The number of rotatable bonds is 6. The van der Waals surface area contributed by atoms with Gasteiger partial charge in [0.25, 0.3) is 11.8 Å². The van der Waals surface area contributed by atoms with Gasteiger partial charge in [-0.3, -0.25) is 24.6 Å². The molecular formula is C18H20N4O3S. The smallest absolute Gasteiger partial charge is 0.262 e. The second-order valence-corrected chi connectivity index (χ2v) is 7.58. The average molecular weight is 372 g/mol. The summed E-state index contributed by atoms with van der Waals surface area (Å²) in [6.45, 7) is 5.84. The molecule has 3 amide bonds. The number of hydrogen-bond acceptors (Lipinski definition) is 6. The lowest BCUT2D eigenvalue weighted by Gasteiger charge is -2.26. The molecule has 8 heteroatoms. The third kappa shape index (κ3) is 3.37. The highest BCUT2D eigenvalue weighted by Gasteiger charge is 2.42. The fraction of sp³-hybridized carbons (Fsp3) is 0.389. The van der Waals surface area contributed by atoms with Crippen LogP contribution in [-0.2, 0) is 11.2 Å². The standard InChI is InChI=1S/C18H20N4O3S/c1-4-14-20-21-18(26-14)19-15(23)13(9-10(2)3)22-16(24)11-7-5-6-8-12(11)17(22)25/h5-8,10,13H,4,9H2,1-3H3,(H,19,21,23). The number of carbonyl (C=O) groups is 3. The zero-order valence-electron chi connectivity index (χ0n) is 14.9. The van der Waals surface area contributed by atoms with E-state index in [0.29, 0.717) is 22.7 Å². The molecule has 0 saturated carbocycles. The monoisotopic (exact) mass is 372 g/mol. The largest absolute Gasteiger partial charge is 0.299 e. The second-order valence-electron chi connectivity index (χ2n) is 6.51. The highest BCUT2D eigenvalue weighted by atomic mass is 32.1. The minimum Gasteiger partial charge on any atom is -0.299 e. The Morgan fingerprint density at radius 2 is 1.77 bits per heavy atom. The van der Waals surface area contributed by atoms with Gasteiger partial charge in [-0.2, -0.15) is 0 Å². The first-order valence-corrected chi connectivity index (χ1v) is 9.34. The fourth-order valence-electron chi connectivity index (χ4n) is 2.90. The number of aromatic nitrogens is 2. The maximum atomic E-state index is 12.9. The summed E-state index contributed by atoms with van der Waals surface area (Å²) in [5.74, 6) is -1.17. The molecule has 1 aliphatic heterocycles. The van der Waals surface area contributed by atoms with Crippen LogP contribution in [0, 0.1) is 5.92 Å². The predicted octanol–water partition coefficient (Wildman–Crippen LogP) is 2.75. The minimum atomic E-state index is -0.892. The summed E-state index contributed by atoms with van der Waals surface area (Å²) in [7, 11) is 0. The number of carbonyl (C=O) groups excluding carboxylic acids is 3. The van der Waals surface area contributed by atoms with Gasteiger partial charge in [0, 0.05) is 0 Å². The Labute approximate surface area is 155 Å². The van der Waals surface area contributed by atoms with E-state index in [1.165, 1.54) is 11.3 Å². The van der Waals surface area contributed by atoms with Crippen molar-refractivity contribution in [3.05, 3.63) is 40.4 Å². The number of fused-ring (bicyclic) bond motifs is 1. The van der Waals surface area contributed by atoms with Crippen LogP contribution in [0.25, 0.3) is 0 Å². The van der Waals surface area contributed by atoms with E-state index in [2.05, 4.69) is 15.5 Å². The summed E-state index contributed by atoms with van der Waals surface area (Å²) in [4.78, 5) is 39.4. The van der Waals surface area contributed by atoms with Crippen LogP contribution in [0.4, 0.5) is 5.13 Å². The Kier molecular flexibility index (Phi) is 5.13. The molecule has 2 heterocycles. The van der Waals surface area contributed by atoms with Crippen LogP contribution in [0.3, 0.4) is 0 Å². The summed E-state index contributed by atoms with van der Waals surface area (Å²) in [6.07, 6.45) is 1.10. The van der Waals surface area contributed by atoms with Gasteiger partial charge in [-0.05, 0) is 30.9 Å². The van der Waals surface area contributed by atoms with Crippen molar-refractivity contribution in [2.24, 2.45) is 5.92 Å². The Bertz CT molecular complexity index is 827. The maximum Gasteiger partial charge on any atom is 0.262 e. The molecule has 26 heavy (non-hydrogen) atoms. The molecule has 1 N–H and O–H groups in total. The minimum absolute atomic E-state index is 0.121. The summed E-state index contributed by atoms with van der Waals surface area (Å²) in [6, 6.07) is 5.74. The number of nitrogens with one attached hydrogen (secondary N) is 1. The van der Waals surface area contributed by atoms with Crippen LogP contribution in [0.1, 0.15) is 52.9 Å². The SMILES string of the molecule is CCc1nnc(NC(=O)C(CC(C)C)N2C(=O)c3ccccc3C2=O)s1. The van der Waals surface area contributed by atoms with E-state index < -0.39 is 23.8 Å². The Morgan fingerprint density at radius 3 is 2.27 bits per heavy atom. The predicted molar refractivity (Wildman–Crippen MR) is 98.1 cm³/mol. The number of amides is 3. The van der Waals surface area contributed by atoms with Gasteiger partial charge in [0.1, 0.15) is 11.0 Å². The molecule has 1 aliphatic rings. The van der Waals surface area contributed by atoms with E-state index in [1.54, 1.807) is 24.3 Å². The van der Waals surface area contributed by atoms with E-state index in [1.807, 2.05) is 20.8 Å². The Morgan fingerprint density at radius 1 is 1.15 bits per heavy atom. The molecule has 0 fully saturated rings. The van der Waals surface area contributed by atoms with E-state index in [9.17, 15) is 14.4 Å². The number of imide groups is 1. The highest BCUT2D eigenvalue weighted by molar-refractivity contribution is 7.15. The van der Waals surface area contributed by atoms with Crippen molar-refractivity contribution in [3.8, 4) is 0 Å². The van der Waals surface area contributed by atoms with Crippen molar-refractivity contribution in [1.29, 1.82) is 0 Å². The van der Waals surface area contributed by atoms with Gasteiger partial charge in [-0.25, -0.2) is 0 Å². The molecule has 1 atom stereocenters. The molecule has 1 aromatic carbocycles. The van der Waals surface area contributed by atoms with Gasteiger partial charge in [-0.15, -0.1) is 10.2 Å². The van der Waals surface area contributed by atoms with Crippen LogP contribution >= 0.6 is 11.3 Å². The first-order chi connectivity index (χ1) is 12.4. The van der Waals surface area contributed by atoms with Crippen molar-refractivity contribution < 1.29 is 14.4 Å². The van der Waals surface area contributed by atoms with Crippen molar-refractivity contribution in [1.82, 2.24) is 15.1 Å². The number of benzene rings is 1. The topological polar surface area (TPSA) is 92.3 Å². The van der Waals surface area contributed by atoms with E-state index >= 15 is 0 Å². The van der Waals surface area contributed by atoms with Crippen molar-refractivity contribution in [2.75, 3.05) is 5.32 Å². The molecule has 0 spiro atoms. The Balaban J connectivity index is 1.87. The zero-order chi connectivity index (χ0) is 18.8. The lowest BCUT2D eigenvalue weighted by molar-refractivity contribution is -0.120. The third-order valence-corrected chi connectivity index (χ3v) is 5.12. The van der Waals surface area contributed by atoms with E-state index in [4.69, 9.17) is 0 Å². The van der Waals surface area contributed by atoms with Crippen LogP contribution in [-0.4, -0.2) is 38.9 Å². The molecule has 1 aromatic heterocycles. The summed E-state index contributed by atoms with van der Waals surface area (Å²) < 4.78 is 0. The summed E-state index contributed by atoms with van der Waals surface area (Å²) in [5, 5.41) is 11.8. The first-order valence-electron chi connectivity index (χ1n) is 8.52. The molecule has 0 aliphatic carbocycles. The lowest BCUT2D eigenvalue weighted by atomic mass is 10.0. The molecular weight excluding hydrogens is 352 g/mol. The van der Waals surface area contributed by atoms with Gasteiger partial charge in [0.05, 0.1) is 11.1 Å². The van der Waals surface area contributed by atoms with Crippen LogP contribution in [0.2, 0.25) is 0 Å². The molecule has 0 bridgehead atoms. The fourth-order valence-corrected chi connectivity index (χ4v) is 3.59.